The molecule has 0 heterocycles. The van der Waals surface area contributed by atoms with Crippen LogP contribution in [0.3, 0.4) is 0 Å². The summed E-state index contributed by atoms with van der Waals surface area (Å²) < 4.78 is 11.3. The van der Waals surface area contributed by atoms with Crippen molar-refractivity contribution in [1.29, 1.82) is 0 Å². The number of benzene rings is 2. The highest BCUT2D eigenvalue weighted by atomic mass is 35.5. The maximum atomic E-state index is 6.39. The average Bonchev–Trinajstić information content (AvgIpc) is 2.57. The standard InChI is InChI=1S/C20H24ClNO2/c1-6-15(4)24-20-17(21)10-16(11-19(20)23-5)12-22-18-9-13(2)7-8-14(18)3/h7-12,15H,6H2,1-5H3/t15-/m1/s1. The molecule has 0 bridgehead atoms. The summed E-state index contributed by atoms with van der Waals surface area (Å²) in [5.74, 6) is 1.20. The van der Waals surface area contributed by atoms with Crippen molar-refractivity contribution < 1.29 is 9.47 Å². The van der Waals surface area contributed by atoms with Crippen LogP contribution in [0.4, 0.5) is 5.69 Å². The molecule has 0 aliphatic rings. The van der Waals surface area contributed by atoms with Crippen molar-refractivity contribution in [1.82, 2.24) is 0 Å². The first-order chi connectivity index (χ1) is 11.4. The molecule has 1 atom stereocenters. The summed E-state index contributed by atoms with van der Waals surface area (Å²) in [7, 11) is 1.61. The van der Waals surface area contributed by atoms with Gasteiger partial charge in [-0.2, -0.15) is 0 Å². The van der Waals surface area contributed by atoms with Gasteiger partial charge >= 0.3 is 0 Å². The number of halogens is 1. The summed E-state index contributed by atoms with van der Waals surface area (Å²) in [6.45, 7) is 8.17. The number of rotatable bonds is 6. The zero-order valence-electron chi connectivity index (χ0n) is 14.9. The third-order valence-electron chi connectivity index (χ3n) is 3.86. The predicted molar refractivity (Wildman–Crippen MR) is 102 cm³/mol. The van der Waals surface area contributed by atoms with Gasteiger partial charge in [-0.1, -0.05) is 30.7 Å². The van der Waals surface area contributed by atoms with E-state index in [0.29, 0.717) is 16.5 Å². The summed E-state index contributed by atoms with van der Waals surface area (Å²) >= 11 is 6.39. The molecule has 0 aliphatic heterocycles. The molecule has 2 aromatic rings. The highest BCUT2D eigenvalue weighted by molar-refractivity contribution is 6.32. The molecule has 0 saturated carbocycles. The smallest absolute Gasteiger partial charge is 0.180 e. The van der Waals surface area contributed by atoms with Crippen LogP contribution in [-0.2, 0) is 0 Å². The molecule has 0 N–H and O–H groups in total. The summed E-state index contributed by atoms with van der Waals surface area (Å²) in [4.78, 5) is 4.58. The minimum atomic E-state index is 0.0749. The van der Waals surface area contributed by atoms with Gasteiger partial charge in [0, 0.05) is 6.21 Å². The van der Waals surface area contributed by atoms with Gasteiger partial charge in [-0.05, 0) is 62.1 Å². The molecule has 2 aromatic carbocycles. The normalized spacial score (nSPS) is 12.4. The topological polar surface area (TPSA) is 30.8 Å². The van der Waals surface area contributed by atoms with Crippen molar-refractivity contribution in [2.45, 2.75) is 40.2 Å². The van der Waals surface area contributed by atoms with E-state index in [1.54, 1.807) is 13.3 Å². The molecule has 0 saturated heterocycles. The average molecular weight is 346 g/mol. The summed E-state index contributed by atoms with van der Waals surface area (Å²) in [5.41, 5.74) is 4.13. The van der Waals surface area contributed by atoms with E-state index in [4.69, 9.17) is 21.1 Å². The molecule has 2 rings (SSSR count). The lowest BCUT2D eigenvalue weighted by molar-refractivity contribution is 0.208. The second kappa shape index (κ2) is 8.20. The zero-order chi connectivity index (χ0) is 17.7. The van der Waals surface area contributed by atoms with Crippen LogP contribution in [0.15, 0.2) is 35.3 Å². The van der Waals surface area contributed by atoms with Gasteiger partial charge < -0.3 is 9.47 Å². The lowest BCUT2D eigenvalue weighted by Crippen LogP contribution is -2.11. The van der Waals surface area contributed by atoms with Crippen LogP contribution in [0, 0.1) is 13.8 Å². The van der Waals surface area contributed by atoms with Gasteiger partial charge in [0.05, 0.1) is 23.9 Å². The highest BCUT2D eigenvalue weighted by Gasteiger charge is 2.14. The first-order valence-electron chi connectivity index (χ1n) is 8.10. The molecular formula is C20H24ClNO2. The fourth-order valence-electron chi connectivity index (χ4n) is 2.22. The van der Waals surface area contributed by atoms with Crippen LogP contribution in [0.2, 0.25) is 5.02 Å². The van der Waals surface area contributed by atoms with Gasteiger partial charge in [0.25, 0.3) is 0 Å². The molecule has 4 heteroatoms. The molecule has 0 radical (unpaired) electrons. The SMILES string of the molecule is CC[C@@H](C)Oc1c(Cl)cc(C=Nc2cc(C)ccc2C)cc1OC. The molecule has 0 unspecified atom stereocenters. The quantitative estimate of drug-likeness (QED) is 0.611. The van der Waals surface area contributed by atoms with Crippen LogP contribution in [0.5, 0.6) is 11.5 Å². The minimum Gasteiger partial charge on any atom is -0.493 e. The third kappa shape index (κ3) is 4.51. The van der Waals surface area contributed by atoms with E-state index in [-0.39, 0.29) is 6.10 Å². The van der Waals surface area contributed by atoms with Crippen molar-refractivity contribution in [2.75, 3.05) is 7.11 Å². The third-order valence-corrected chi connectivity index (χ3v) is 4.14. The summed E-state index contributed by atoms with van der Waals surface area (Å²) in [5, 5.41) is 0.525. The van der Waals surface area contributed by atoms with Crippen molar-refractivity contribution >= 4 is 23.5 Å². The van der Waals surface area contributed by atoms with Gasteiger partial charge in [-0.25, -0.2) is 0 Å². The number of nitrogens with zero attached hydrogens (tertiary/aromatic N) is 1. The fourth-order valence-corrected chi connectivity index (χ4v) is 2.48. The van der Waals surface area contributed by atoms with Crippen molar-refractivity contribution in [3.05, 3.63) is 52.0 Å². The molecule has 128 valence electrons. The molecule has 0 aliphatic carbocycles. The zero-order valence-corrected chi connectivity index (χ0v) is 15.6. The lowest BCUT2D eigenvalue weighted by Gasteiger charge is -2.17. The second-order valence-corrected chi connectivity index (χ2v) is 6.33. The van der Waals surface area contributed by atoms with Crippen molar-refractivity contribution in [3.63, 3.8) is 0 Å². The van der Waals surface area contributed by atoms with E-state index < -0.39 is 0 Å². The van der Waals surface area contributed by atoms with Gasteiger partial charge in [-0.15, -0.1) is 0 Å². The lowest BCUT2D eigenvalue weighted by atomic mass is 10.1. The van der Waals surface area contributed by atoms with Gasteiger partial charge in [0.15, 0.2) is 11.5 Å². The van der Waals surface area contributed by atoms with E-state index in [9.17, 15) is 0 Å². The first-order valence-corrected chi connectivity index (χ1v) is 8.48. The van der Waals surface area contributed by atoms with Crippen LogP contribution < -0.4 is 9.47 Å². The molecule has 0 amide bonds. The molecule has 0 fully saturated rings. The predicted octanol–water partition coefficient (Wildman–Crippen LogP) is 5.89. The fraction of sp³-hybridized carbons (Fsp3) is 0.350. The Morgan fingerprint density at radius 1 is 1.21 bits per heavy atom. The molecule has 3 nitrogen and oxygen atoms in total. The van der Waals surface area contributed by atoms with Crippen LogP contribution in [0.1, 0.15) is 37.0 Å². The maximum Gasteiger partial charge on any atom is 0.180 e. The monoisotopic (exact) mass is 345 g/mol. The molecule has 0 spiro atoms. The minimum absolute atomic E-state index is 0.0749. The summed E-state index contributed by atoms with van der Waals surface area (Å²) in [6, 6.07) is 9.94. The van der Waals surface area contributed by atoms with Crippen LogP contribution in [0.25, 0.3) is 0 Å². The molecular weight excluding hydrogens is 322 g/mol. The van der Waals surface area contributed by atoms with Crippen molar-refractivity contribution in [3.8, 4) is 11.5 Å². The van der Waals surface area contributed by atoms with E-state index in [0.717, 1.165) is 23.2 Å². The maximum absolute atomic E-state index is 6.39. The number of hydrogen-bond acceptors (Lipinski definition) is 3. The Morgan fingerprint density at radius 2 is 1.96 bits per heavy atom. The van der Waals surface area contributed by atoms with Crippen LogP contribution >= 0.6 is 11.6 Å². The Hall–Kier alpha value is -2.00. The number of methoxy groups -OCH3 is 1. The number of ether oxygens (including phenoxy) is 2. The second-order valence-electron chi connectivity index (χ2n) is 5.92. The van der Waals surface area contributed by atoms with Gasteiger partial charge in [-0.3, -0.25) is 4.99 Å². The number of aryl methyl sites for hydroxylation is 2. The van der Waals surface area contributed by atoms with E-state index in [1.165, 1.54) is 5.56 Å². The number of aliphatic imine (C=N–C) groups is 1. The largest absolute Gasteiger partial charge is 0.493 e. The van der Waals surface area contributed by atoms with E-state index >= 15 is 0 Å². The Bertz CT molecular complexity index is 741. The Kier molecular flexibility index (Phi) is 6.27. The van der Waals surface area contributed by atoms with Crippen LogP contribution in [-0.4, -0.2) is 19.4 Å². The summed E-state index contributed by atoms with van der Waals surface area (Å²) in [6.07, 6.45) is 2.77. The van der Waals surface area contributed by atoms with Crippen molar-refractivity contribution in [2.24, 2.45) is 4.99 Å². The Balaban J connectivity index is 2.33. The molecule has 0 aromatic heterocycles. The van der Waals surface area contributed by atoms with E-state index in [2.05, 4.69) is 37.0 Å². The molecule has 24 heavy (non-hydrogen) atoms. The highest BCUT2D eigenvalue weighted by Crippen LogP contribution is 2.37. The van der Waals surface area contributed by atoms with Gasteiger partial charge in [0.1, 0.15) is 0 Å². The Labute approximate surface area is 149 Å². The van der Waals surface area contributed by atoms with E-state index in [1.807, 2.05) is 26.0 Å². The first kappa shape index (κ1) is 18.3. The Morgan fingerprint density at radius 3 is 2.62 bits per heavy atom. The van der Waals surface area contributed by atoms with Gasteiger partial charge in [0.2, 0.25) is 0 Å². The number of hydrogen-bond donors (Lipinski definition) is 0.